The largest absolute Gasteiger partial charge is 0.469 e. The molecule has 4 rings (SSSR count). The van der Waals surface area contributed by atoms with Crippen LogP contribution in [0.2, 0.25) is 0 Å². The van der Waals surface area contributed by atoms with Crippen LogP contribution in [-0.2, 0) is 12.0 Å². The van der Waals surface area contributed by atoms with Crippen molar-refractivity contribution in [3.05, 3.63) is 65.7 Å². The first-order chi connectivity index (χ1) is 9.79. The number of aryl methyl sites for hydroxylation is 1. The molecule has 2 heterocycles. The van der Waals surface area contributed by atoms with Crippen LogP contribution in [0, 0.1) is 0 Å². The van der Waals surface area contributed by atoms with Gasteiger partial charge in [-0.2, -0.15) is 0 Å². The van der Waals surface area contributed by atoms with Crippen LogP contribution in [0.5, 0.6) is 0 Å². The third-order valence-corrected chi connectivity index (χ3v) is 4.21. The Morgan fingerprint density at radius 2 is 2.00 bits per heavy atom. The van der Waals surface area contributed by atoms with Gasteiger partial charge in [-0.15, -0.1) is 0 Å². The maximum atomic E-state index is 11.3. The molecule has 0 saturated heterocycles. The number of aliphatic hydroxyl groups is 1. The number of furan rings is 1. The van der Waals surface area contributed by atoms with Crippen molar-refractivity contribution in [3.8, 4) is 0 Å². The highest BCUT2D eigenvalue weighted by Crippen LogP contribution is 2.42. The third-order valence-electron chi connectivity index (χ3n) is 4.21. The summed E-state index contributed by atoms with van der Waals surface area (Å²) in [7, 11) is 0. The van der Waals surface area contributed by atoms with E-state index in [1.807, 2.05) is 36.4 Å². The minimum atomic E-state index is -0.992. The monoisotopic (exact) mass is 265 g/mol. The van der Waals surface area contributed by atoms with Crippen molar-refractivity contribution in [2.24, 2.45) is 0 Å². The molecule has 1 aliphatic rings. The summed E-state index contributed by atoms with van der Waals surface area (Å²) in [5, 5.41) is 12.3. The molecule has 3 heteroatoms. The number of rotatable bonds is 1. The maximum absolute atomic E-state index is 11.3. The molecule has 0 aliphatic heterocycles. The predicted octanol–water partition coefficient (Wildman–Crippen LogP) is 3.40. The van der Waals surface area contributed by atoms with E-state index in [1.165, 1.54) is 0 Å². The minimum Gasteiger partial charge on any atom is -0.469 e. The fourth-order valence-electron chi connectivity index (χ4n) is 3.26. The number of benzene rings is 1. The van der Waals surface area contributed by atoms with Gasteiger partial charge in [0.1, 0.15) is 11.4 Å². The summed E-state index contributed by atoms with van der Waals surface area (Å²) in [6, 6.07) is 11.8. The summed E-state index contributed by atoms with van der Waals surface area (Å²) >= 11 is 0. The van der Waals surface area contributed by atoms with Gasteiger partial charge in [-0.05, 0) is 25.0 Å². The molecule has 2 aromatic heterocycles. The Morgan fingerprint density at radius 3 is 2.95 bits per heavy atom. The molecule has 1 unspecified atom stereocenters. The molecule has 3 nitrogen and oxygen atoms in total. The van der Waals surface area contributed by atoms with Gasteiger partial charge in [0, 0.05) is 29.1 Å². The summed E-state index contributed by atoms with van der Waals surface area (Å²) in [5.74, 6) is 0.895. The van der Waals surface area contributed by atoms with Crippen molar-refractivity contribution >= 4 is 10.9 Å². The zero-order chi connectivity index (χ0) is 13.6. The SMILES string of the molecule is OC1(c2cccc3cccnc23)CCCc2occc21. The van der Waals surface area contributed by atoms with E-state index in [4.69, 9.17) is 4.42 Å². The van der Waals surface area contributed by atoms with Crippen LogP contribution in [0.25, 0.3) is 10.9 Å². The van der Waals surface area contributed by atoms with E-state index >= 15 is 0 Å². The van der Waals surface area contributed by atoms with Crippen LogP contribution in [0.3, 0.4) is 0 Å². The van der Waals surface area contributed by atoms with E-state index in [9.17, 15) is 5.11 Å². The zero-order valence-electron chi connectivity index (χ0n) is 11.0. The first-order valence-corrected chi connectivity index (χ1v) is 6.92. The Morgan fingerprint density at radius 1 is 1.10 bits per heavy atom. The maximum Gasteiger partial charge on any atom is 0.120 e. The highest BCUT2D eigenvalue weighted by atomic mass is 16.3. The van der Waals surface area contributed by atoms with Gasteiger partial charge in [0.05, 0.1) is 11.8 Å². The van der Waals surface area contributed by atoms with Gasteiger partial charge in [0.2, 0.25) is 0 Å². The first-order valence-electron chi connectivity index (χ1n) is 6.92. The molecule has 0 saturated carbocycles. The molecular weight excluding hydrogens is 250 g/mol. The van der Waals surface area contributed by atoms with Gasteiger partial charge in [-0.3, -0.25) is 4.98 Å². The van der Waals surface area contributed by atoms with E-state index in [1.54, 1.807) is 12.5 Å². The van der Waals surface area contributed by atoms with Gasteiger partial charge in [0.25, 0.3) is 0 Å². The van der Waals surface area contributed by atoms with Crippen LogP contribution >= 0.6 is 0 Å². The van der Waals surface area contributed by atoms with Crippen LogP contribution < -0.4 is 0 Å². The Bertz CT molecular complexity index is 772. The number of aromatic nitrogens is 1. The second-order valence-corrected chi connectivity index (χ2v) is 5.35. The predicted molar refractivity (Wildman–Crippen MR) is 76.4 cm³/mol. The topological polar surface area (TPSA) is 46.3 Å². The summed E-state index contributed by atoms with van der Waals surface area (Å²) in [6.07, 6.45) is 5.95. The van der Waals surface area contributed by atoms with Crippen LogP contribution in [-0.4, -0.2) is 10.1 Å². The third kappa shape index (κ3) is 1.53. The molecule has 20 heavy (non-hydrogen) atoms. The number of hydrogen-bond acceptors (Lipinski definition) is 3. The fourth-order valence-corrected chi connectivity index (χ4v) is 3.26. The highest BCUT2D eigenvalue weighted by Gasteiger charge is 2.39. The number of para-hydroxylation sites is 1. The number of pyridine rings is 1. The standard InChI is InChI=1S/C17H15NO2/c19-17(9-2-7-15-13(17)8-11-20-15)14-6-1-4-12-5-3-10-18-16(12)14/h1,3-6,8,10-11,19H,2,7,9H2. The average molecular weight is 265 g/mol. The van der Waals surface area contributed by atoms with Crippen molar-refractivity contribution < 1.29 is 9.52 Å². The molecule has 100 valence electrons. The van der Waals surface area contributed by atoms with Gasteiger partial charge < -0.3 is 9.52 Å². The lowest BCUT2D eigenvalue weighted by atomic mass is 9.77. The lowest BCUT2D eigenvalue weighted by Crippen LogP contribution is -2.31. The van der Waals surface area contributed by atoms with Gasteiger partial charge in [-0.25, -0.2) is 0 Å². The summed E-state index contributed by atoms with van der Waals surface area (Å²) in [6.45, 7) is 0. The second-order valence-electron chi connectivity index (χ2n) is 5.35. The lowest BCUT2D eigenvalue weighted by Gasteiger charge is -2.32. The quantitative estimate of drug-likeness (QED) is 0.733. The van der Waals surface area contributed by atoms with Gasteiger partial charge >= 0.3 is 0 Å². The normalized spacial score (nSPS) is 21.9. The lowest BCUT2D eigenvalue weighted by molar-refractivity contribution is 0.0602. The smallest absolute Gasteiger partial charge is 0.120 e. The Balaban J connectivity index is 2.01. The molecule has 1 N–H and O–H groups in total. The Labute approximate surface area is 116 Å². The summed E-state index contributed by atoms with van der Waals surface area (Å²) < 4.78 is 5.50. The molecule has 0 bridgehead atoms. The van der Waals surface area contributed by atoms with E-state index in [2.05, 4.69) is 4.98 Å². The van der Waals surface area contributed by atoms with Gasteiger partial charge in [-0.1, -0.05) is 24.3 Å². The molecule has 1 atom stereocenters. The highest BCUT2D eigenvalue weighted by molar-refractivity contribution is 5.83. The summed E-state index contributed by atoms with van der Waals surface area (Å²) in [5.41, 5.74) is 1.64. The Kier molecular flexibility index (Phi) is 2.44. The molecule has 0 radical (unpaired) electrons. The number of hydrogen-bond donors (Lipinski definition) is 1. The molecule has 0 spiro atoms. The van der Waals surface area contributed by atoms with E-state index < -0.39 is 5.60 Å². The Hall–Kier alpha value is -2.13. The first kappa shape index (κ1) is 11.7. The van der Waals surface area contributed by atoms with Crippen molar-refractivity contribution in [3.63, 3.8) is 0 Å². The average Bonchev–Trinajstić information content (AvgIpc) is 2.97. The van der Waals surface area contributed by atoms with Crippen molar-refractivity contribution in [2.75, 3.05) is 0 Å². The second kappa shape index (κ2) is 4.18. The van der Waals surface area contributed by atoms with Crippen LogP contribution in [0.1, 0.15) is 29.7 Å². The molecule has 1 aromatic carbocycles. The van der Waals surface area contributed by atoms with Crippen molar-refractivity contribution in [2.45, 2.75) is 24.9 Å². The van der Waals surface area contributed by atoms with Crippen molar-refractivity contribution in [1.29, 1.82) is 0 Å². The van der Waals surface area contributed by atoms with E-state index in [0.717, 1.165) is 40.6 Å². The molecular formula is C17H15NO2. The fraction of sp³-hybridized carbons (Fsp3) is 0.235. The number of nitrogens with zero attached hydrogens (tertiary/aromatic N) is 1. The van der Waals surface area contributed by atoms with Gasteiger partial charge in [0.15, 0.2) is 0 Å². The molecule has 1 aliphatic carbocycles. The zero-order valence-corrected chi connectivity index (χ0v) is 11.0. The van der Waals surface area contributed by atoms with Crippen LogP contribution in [0.15, 0.2) is 53.3 Å². The molecule has 3 aromatic rings. The molecule has 0 fully saturated rings. The van der Waals surface area contributed by atoms with E-state index in [0.29, 0.717) is 6.42 Å². The van der Waals surface area contributed by atoms with Crippen LogP contribution in [0.4, 0.5) is 0 Å². The molecule has 0 amide bonds. The van der Waals surface area contributed by atoms with Crippen molar-refractivity contribution in [1.82, 2.24) is 4.98 Å². The number of fused-ring (bicyclic) bond motifs is 2. The van der Waals surface area contributed by atoms with E-state index in [-0.39, 0.29) is 0 Å². The summed E-state index contributed by atoms with van der Waals surface area (Å²) in [4.78, 5) is 4.47. The minimum absolute atomic E-state index is 0.704.